The van der Waals surface area contributed by atoms with E-state index in [0.29, 0.717) is 5.56 Å². The molecule has 19 heavy (non-hydrogen) atoms. The Morgan fingerprint density at radius 1 is 1.11 bits per heavy atom. The van der Waals surface area contributed by atoms with Crippen molar-refractivity contribution in [3.63, 3.8) is 0 Å². The van der Waals surface area contributed by atoms with Gasteiger partial charge in [-0.15, -0.1) is 0 Å². The van der Waals surface area contributed by atoms with E-state index in [2.05, 4.69) is 17.4 Å². The highest BCUT2D eigenvalue weighted by molar-refractivity contribution is 5.97. The summed E-state index contributed by atoms with van der Waals surface area (Å²) in [5.74, 6) is -0.203. The van der Waals surface area contributed by atoms with E-state index in [0.717, 1.165) is 12.8 Å². The predicted octanol–water partition coefficient (Wildman–Crippen LogP) is 2.81. The summed E-state index contributed by atoms with van der Waals surface area (Å²) < 4.78 is 0. The summed E-state index contributed by atoms with van der Waals surface area (Å²) in [6.45, 7) is 0. The fourth-order valence-electron chi connectivity index (χ4n) is 2.61. The number of rotatable bonds is 2. The fourth-order valence-corrected chi connectivity index (χ4v) is 2.61. The lowest BCUT2D eigenvalue weighted by atomic mass is 10.1. The Kier molecular flexibility index (Phi) is 2.95. The second-order valence-corrected chi connectivity index (χ2v) is 4.78. The van der Waals surface area contributed by atoms with Crippen molar-refractivity contribution in [3.05, 3.63) is 65.2 Å². The standard InChI is InChI=1S/C16H15NO2/c18-15-8-4-3-7-13(15)16(19)17-14-10-9-11-5-1-2-6-12(11)14/h1-8,14,18H,9-10H2,(H,17,19). The summed E-state index contributed by atoms with van der Waals surface area (Å²) in [5.41, 5.74) is 2.81. The predicted molar refractivity (Wildman–Crippen MR) is 73.1 cm³/mol. The van der Waals surface area contributed by atoms with Crippen molar-refractivity contribution in [3.8, 4) is 5.75 Å². The van der Waals surface area contributed by atoms with E-state index in [1.54, 1.807) is 18.2 Å². The van der Waals surface area contributed by atoms with Crippen LogP contribution < -0.4 is 5.32 Å². The Balaban J connectivity index is 1.81. The normalized spacial score (nSPS) is 16.9. The third-order valence-electron chi connectivity index (χ3n) is 3.59. The van der Waals surface area contributed by atoms with Gasteiger partial charge in [-0.05, 0) is 36.1 Å². The van der Waals surface area contributed by atoms with Gasteiger partial charge in [0.05, 0.1) is 11.6 Å². The Morgan fingerprint density at radius 3 is 2.68 bits per heavy atom. The van der Waals surface area contributed by atoms with Gasteiger partial charge in [0.2, 0.25) is 0 Å². The van der Waals surface area contributed by atoms with Gasteiger partial charge >= 0.3 is 0 Å². The maximum Gasteiger partial charge on any atom is 0.255 e. The summed E-state index contributed by atoms with van der Waals surface area (Å²) >= 11 is 0. The number of phenolic OH excluding ortho intramolecular Hbond substituents is 1. The first-order chi connectivity index (χ1) is 9.25. The number of aromatic hydroxyl groups is 1. The topological polar surface area (TPSA) is 49.3 Å². The number of amides is 1. The first kappa shape index (κ1) is 11.8. The smallest absolute Gasteiger partial charge is 0.255 e. The van der Waals surface area contributed by atoms with Crippen LogP contribution in [0, 0.1) is 0 Å². The molecule has 1 aliphatic rings. The third-order valence-corrected chi connectivity index (χ3v) is 3.59. The van der Waals surface area contributed by atoms with Crippen molar-refractivity contribution in [2.45, 2.75) is 18.9 Å². The van der Waals surface area contributed by atoms with Gasteiger partial charge in [0, 0.05) is 0 Å². The molecule has 0 bridgehead atoms. The van der Waals surface area contributed by atoms with Crippen molar-refractivity contribution >= 4 is 5.91 Å². The van der Waals surface area contributed by atoms with Gasteiger partial charge in [0.15, 0.2) is 0 Å². The molecule has 0 saturated heterocycles. The molecule has 3 heteroatoms. The van der Waals surface area contributed by atoms with E-state index in [9.17, 15) is 9.90 Å². The van der Waals surface area contributed by atoms with Gasteiger partial charge in [0.25, 0.3) is 5.91 Å². The molecule has 0 aromatic heterocycles. The Bertz CT molecular complexity index is 622. The largest absolute Gasteiger partial charge is 0.507 e. The van der Waals surface area contributed by atoms with E-state index in [1.165, 1.54) is 17.2 Å². The molecule has 0 fully saturated rings. The first-order valence-corrected chi connectivity index (χ1v) is 6.42. The summed E-state index contributed by atoms with van der Waals surface area (Å²) in [6.07, 6.45) is 1.90. The van der Waals surface area contributed by atoms with Gasteiger partial charge in [-0.25, -0.2) is 0 Å². The zero-order chi connectivity index (χ0) is 13.2. The van der Waals surface area contributed by atoms with E-state index in [4.69, 9.17) is 0 Å². The zero-order valence-electron chi connectivity index (χ0n) is 10.5. The minimum Gasteiger partial charge on any atom is -0.507 e. The van der Waals surface area contributed by atoms with Crippen LogP contribution in [-0.4, -0.2) is 11.0 Å². The fraction of sp³-hybridized carbons (Fsp3) is 0.188. The molecular weight excluding hydrogens is 238 g/mol. The molecule has 2 aromatic rings. The van der Waals surface area contributed by atoms with Gasteiger partial charge in [-0.3, -0.25) is 4.79 Å². The number of aryl methyl sites for hydroxylation is 1. The number of benzene rings is 2. The lowest BCUT2D eigenvalue weighted by molar-refractivity contribution is 0.0934. The molecular formula is C16H15NO2. The molecule has 0 saturated carbocycles. The Labute approximate surface area is 111 Å². The molecule has 1 unspecified atom stereocenters. The molecule has 1 atom stereocenters. The van der Waals surface area contributed by atoms with Crippen LogP contribution in [0.2, 0.25) is 0 Å². The number of carbonyl (C=O) groups is 1. The summed E-state index contributed by atoms with van der Waals surface area (Å²) in [5, 5.41) is 12.7. The molecule has 3 rings (SSSR count). The molecule has 0 spiro atoms. The molecule has 96 valence electrons. The number of carbonyl (C=O) groups excluding carboxylic acids is 1. The number of para-hydroxylation sites is 1. The van der Waals surface area contributed by atoms with Crippen LogP contribution >= 0.6 is 0 Å². The zero-order valence-corrected chi connectivity index (χ0v) is 10.5. The monoisotopic (exact) mass is 253 g/mol. The van der Waals surface area contributed by atoms with Crippen LogP contribution in [0.15, 0.2) is 48.5 Å². The van der Waals surface area contributed by atoms with Crippen LogP contribution in [0.1, 0.15) is 33.9 Å². The second-order valence-electron chi connectivity index (χ2n) is 4.78. The first-order valence-electron chi connectivity index (χ1n) is 6.42. The number of hydrogen-bond acceptors (Lipinski definition) is 2. The van der Waals surface area contributed by atoms with Crippen LogP contribution in [0.3, 0.4) is 0 Å². The maximum absolute atomic E-state index is 12.2. The van der Waals surface area contributed by atoms with E-state index >= 15 is 0 Å². The van der Waals surface area contributed by atoms with E-state index < -0.39 is 0 Å². The Morgan fingerprint density at radius 2 is 1.84 bits per heavy atom. The number of hydrogen-bond donors (Lipinski definition) is 2. The molecule has 0 heterocycles. The lowest BCUT2D eigenvalue weighted by Gasteiger charge is -2.14. The number of fused-ring (bicyclic) bond motifs is 1. The van der Waals surface area contributed by atoms with Gasteiger partial charge in [-0.1, -0.05) is 36.4 Å². The van der Waals surface area contributed by atoms with Gasteiger partial charge in [-0.2, -0.15) is 0 Å². The minimum absolute atomic E-state index is 0.0197. The number of nitrogens with one attached hydrogen (secondary N) is 1. The molecule has 3 nitrogen and oxygen atoms in total. The van der Waals surface area contributed by atoms with Crippen molar-refractivity contribution < 1.29 is 9.90 Å². The van der Waals surface area contributed by atoms with Crippen LogP contribution in [0.25, 0.3) is 0 Å². The maximum atomic E-state index is 12.2. The lowest BCUT2D eigenvalue weighted by Crippen LogP contribution is -2.27. The molecule has 0 aliphatic heterocycles. The van der Waals surface area contributed by atoms with Crippen molar-refractivity contribution in [2.75, 3.05) is 0 Å². The average molecular weight is 253 g/mol. The van der Waals surface area contributed by atoms with Crippen molar-refractivity contribution in [1.82, 2.24) is 5.32 Å². The highest BCUT2D eigenvalue weighted by Gasteiger charge is 2.24. The minimum atomic E-state index is -0.222. The van der Waals surface area contributed by atoms with Crippen LogP contribution in [0.5, 0.6) is 5.75 Å². The van der Waals surface area contributed by atoms with E-state index in [1.807, 2.05) is 12.1 Å². The van der Waals surface area contributed by atoms with Crippen molar-refractivity contribution in [2.24, 2.45) is 0 Å². The molecule has 1 amide bonds. The summed E-state index contributed by atoms with van der Waals surface area (Å²) in [6, 6.07) is 14.8. The van der Waals surface area contributed by atoms with Crippen molar-refractivity contribution in [1.29, 1.82) is 0 Å². The SMILES string of the molecule is O=C(NC1CCc2ccccc21)c1ccccc1O. The molecule has 2 aromatic carbocycles. The molecule has 1 aliphatic carbocycles. The average Bonchev–Trinajstić information content (AvgIpc) is 2.83. The highest BCUT2D eigenvalue weighted by Crippen LogP contribution is 2.31. The molecule has 2 N–H and O–H groups in total. The highest BCUT2D eigenvalue weighted by atomic mass is 16.3. The number of phenols is 1. The van der Waals surface area contributed by atoms with Gasteiger partial charge < -0.3 is 10.4 Å². The quantitative estimate of drug-likeness (QED) is 0.864. The summed E-state index contributed by atoms with van der Waals surface area (Å²) in [7, 11) is 0. The third kappa shape index (κ3) is 2.19. The van der Waals surface area contributed by atoms with Crippen LogP contribution in [0.4, 0.5) is 0 Å². The summed E-state index contributed by atoms with van der Waals surface area (Å²) in [4.78, 5) is 12.2. The molecule has 0 radical (unpaired) electrons. The second kappa shape index (κ2) is 4.76. The Hall–Kier alpha value is -2.29. The van der Waals surface area contributed by atoms with Gasteiger partial charge in [0.1, 0.15) is 5.75 Å². The van der Waals surface area contributed by atoms with Crippen LogP contribution in [-0.2, 0) is 6.42 Å². The van der Waals surface area contributed by atoms with E-state index in [-0.39, 0.29) is 17.7 Å².